The van der Waals surface area contributed by atoms with Crippen LogP contribution in [0.25, 0.3) is 0 Å². The van der Waals surface area contributed by atoms with Gasteiger partial charge in [-0.15, -0.1) is 0 Å². The van der Waals surface area contributed by atoms with Gasteiger partial charge >= 0.3 is 0 Å². The standard InChI is InChI=1S/C11H17N3O2S/c1-9-4-3-7-14(8-9)17(15,16)11-10(12)5-2-6-13-11/h2,5-6,9H,3-4,7-8,12H2,1H3. The van der Waals surface area contributed by atoms with Gasteiger partial charge < -0.3 is 5.73 Å². The monoisotopic (exact) mass is 255 g/mol. The highest BCUT2D eigenvalue weighted by molar-refractivity contribution is 7.89. The highest BCUT2D eigenvalue weighted by Gasteiger charge is 2.30. The van der Waals surface area contributed by atoms with Crippen LogP contribution in [-0.2, 0) is 10.0 Å². The van der Waals surface area contributed by atoms with Crippen molar-refractivity contribution in [3.63, 3.8) is 0 Å². The molecular weight excluding hydrogens is 238 g/mol. The molecule has 0 aliphatic carbocycles. The van der Waals surface area contributed by atoms with Crippen molar-refractivity contribution < 1.29 is 8.42 Å². The number of aromatic nitrogens is 1. The third kappa shape index (κ3) is 2.42. The van der Waals surface area contributed by atoms with Crippen molar-refractivity contribution in [1.82, 2.24) is 9.29 Å². The van der Waals surface area contributed by atoms with Crippen molar-refractivity contribution in [3.8, 4) is 0 Å². The second-order valence-electron chi connectivity index (χ2n) is 4.51. The first-order chi connectivity index (χ1) is 8.01. The summed E-state index contributed by atoms with van der Waals surface area (Å²) < 4.78 is 26.2. The van der Waals surface area contributed by atoms with E-state index in [0.717, 1.165) is 12.8 Å². The molecule has 0 bridgehead atoms. The largest absolute Gasteiger partial charge is 0.396 e. The molecule has 1 saturated heterocycles. The smallest absolute Gasteiger partial charge is 0.262 e. The maximum Gasteiger partial charge on any atom is 0.262 e. The van der Waals surface area contributed by atoms with Crippen molar-refractivity contribution in [3.05, 3.63) is 18.3 Å². The Kier molecular flexibility index (Phi) is 3.35. The molecule has 1 aliphatic rings. The van der Waals surface area contributed by atoms with Crippen LogP contribution in [0.2, 0.25) is 0 Å². The van der Waals surface area contributed by atoms with Crippen LogP contribution in [0.3, 0.4) is 0 Å². The van der Waals surface area contributed by atoms with Gasteiger partial charge in [-0.05, 0) is 30.9 Å². The molecule has 5 nitrogen and oxygen atoms in total. The highest BCUT2D eigenvalue weighted by Crippen LogP contribution is 2.24. The van der Waals surface area contributed by atoms with Gasteiger partial charge in [0.05, 0.1) is 5.69 Å². The fraction of sp³-hybridized carbons (Fsp3) is 0.545. The summed E-state index contributed by atoms with van der Waals surface area (Å²) in [5.74, 6) is 0.392. The lowest BCUT2D eigenvalue weighted by atomic mass is 10.0. The van der Waals surface area contributed by atoms with E-state index in [4.69, 9.17) is 5.73 Å². The molecule has 6 heteroatoms. The minimum Gasteiger partial charge on any atom is -0.396 e. The Morgan fingerprint density at radius 2 is 2.29 bits per heavy atom. The first-order valence-corrected chi connectivity index (χ1v) is 7.16. The van der Waals surface area contributed by atoms with Crippen LogP contribution in [0.5, 0.6) is 0 Å². The van der Waals surface area contributed by atoms with Gasteiger partial charge in [0, 0.05) is 19.3 Å². The molecule has 1 aromatic heterocycles. The fourth-order valence-electron chi connectivity index (χ4n) is 2.11. The molecule has 1 atom stereocenters. The average molecular weight is 255 g/mol. The van der Waals surface area contributed by atoms with Crippen molar-refractivity contribution in [1.29, 1.82) is 0 Å². The minimum absolute atomic E-state index is 0.0194. The summed E-state index contributed by atoms with van der Waals surface area (Å²) in [5, 5.41) is -0.0194. The second-order valence-corrected chi connectivity index (χ2v) is 6.36. The fourth-order valence-corrected chi connectivity index (χ4v) is 3.73. The van der Waals surface area contributed by atoms with Crippen LogP contribution in [0.1, 0.15) is 19.8 Å². The van der Waals surface area contributed by atoms with Crippen LogP contribution >= 0.6 is 0 Å². The molecule has 1 aromatic rings. The zero-order valence-corrected chi connectivity index (χ0v) is 10.7. The molecule has 1 aliphatic heterocycles. The summed E-state index contributed by atoms with van der Waals surface area (Å²) >= 11 is 0. The van der Waals surface area contributed by atoms with Crippen LogP contribution in [-0.4, -0.2) is 30.8 Å². The molecule has 2 N–H and O–H groups in total. The van der Waals surface area contributed by atoms with Crippen molar-refractivity contribution >= 4 is 15.7 Å². The number of hydrogen-bond acceptors (Lipinski definition) is 4. The summed E-state index contributed by atoms with van der Waals surface area (Å²) in [4.78, 5) is 3.90. The Balaban J connectivity index is 2.33. The summed E-state index contributed by atoms with van der Waals surface area (Å²) in [6.07, 6.45) is 3.42. The van der Waals surface area contributed by atoms with Crippen molar-refractivity contribution in [2.75, 3.05) is 18.8 Å². The van der Waals surface area contributed by atoms with Gasteiger partial charge in [0.15, 0.2) is 5.03 Å². The van der Waals surface area contributed by atoms with E-state index in [9.17, 15) is 8.42 Å². The summed E-state index contributed by atoms with van der Waals surface area (Å²) in [5.41, 5.74) is 5.89. The van der Waals surface area contributed by atoms with E-state index in [0.29, 0.717) is 19.0 Å². The van der Waals surface area contributed by atoms with E-state index >= 15 is 0 Å². The summed E-state index contributed by atoms with van der Waals surface area (Å²) in [6, 6.07) is 3.19. The second kappa shape index (κ2) is 4.62. The normalized spacial score (nSPS) is 22.5. The molecule has 0 amide bonds. The summed E-state index contributed by atoms with van der Waals surface area (Å²) in [7, 11) is -3.53. The lowest BCUT2D eigenvalue weighted by Crippen LogP contribution is -2.39. The van der Waals surface area contributed by atoms with Crippen LogP contribution in [0.15, 0.2) is 23.4 Å². The summed E-state index contributed by atoms with van der Waals surface area (Å²) in [6.45, 7) is 3.17. The van der Waals surface area contributed by atoms with E-state index in [-0.39, 0.29) is 10.7 Å². The number of piperidine rings is 1. The first-order valence-electron chi connectivity index (χ1n) is 5.72. The Labute approximate surface area is 102 Å². The van der Waals surface area contributed by atoms with Crippen LogP contribution in [0, 0.1) is 5.92 Å². The number of nitrogens with two attached hydrogens (primary N) is 1. The van der Waals surface area contributed by atoms with E-state index < -0.39 is 10.0 Å². The highest BCUT2D eigenvalue weighted by atomic mass is 32.2. The third-order valence-corrected chi connectivity index (χ3v) is 4.85. The molecule has 17 heavy (non-hydrogen) atoms. The van der Waals surface area contributed by atoms with Crippen molar-refractivity contribution in [2.24, 2.45) is 5.92 Å². The zero-order chi connectivity index (χ0) is 12.5. The third-order valence-electron chi connectivity index (χ3n) is 3.00. The molecule has 0 radical (unpaired) electrons. The molecule has 0 saturated carbocycles. The topological polar surface area (TPSA) is 76.3 Å². The van der Waals surface area contributed by atoms with Gasteiger partial charge in [-0.25, -0.2) is 13.4 Å². The quantitative estimate of drug-likeness (QED) is 0.858. The molecule has 94 valence electrons. The Morgan fingerprint density at radius 1 is 1.53 bits per heavy atom. The van der Waals surface area contributed by atoms with Crippen LogP contribution in [0.4, 0.5) is 5.69 Å². The predicted octanol–water partition coefficient (Wildman–Crippen LogP) is 1.08. The van der Waals surface area contributed by atoms with Gasteiger partial charge in [0.25, 0.3) is 10.0 Å². The molecule has 2 rings (SSSR count). The van der Waals surface area contributed by atoms with Gasteiger partial charge in [-0.3, -0.25) is 0 Å². The number of rotatable bonds is 2. The van der Waals surface area contributed by atoms with E-state index in [1.807, 2.05) is 0 Å². The van der Waals surface area contributed by atoms with Gasteiger partial charge in [0.2, 0.25) is 0 Å². The molecular formula is C11H17N3O2S. The average Bonchev–Trinajstić information content (AvgIpc) is 2.29. The van der Waals surface area contributed by atoms with Crippen molar-refractivity contribution in [2.45, 2.75) is 24.8 Å². The Bertz CT molecular complexity index is 501. The first kappa shape index (κ1) is 12.3. The number of hydrogen-bond donors (Lipinski definition) is 1. The lowest BCUT2D eigenvalue weighted by molar-refractivity contribution is 0.280. The minimum atomic E-state index is -3.53. The van der Waals surface area contributed by atoms with E-state index in [1.54, 1.807) is 12.1 Å². The molecule has 2 heterocycles. The maximum atomic E-state index is 12.3. The number of nitrogen functional groups attached to an aromatic ring is 1. The molecule has 1 unspecified atom stereocenters. The van der Waals surface area contributed by atoms with E-state index in [2.05, 4.69) is 11.9 Å². The SMILES string of the molecule is CC1CCCN(S(=O)(=O)c2ncccc2N)C1. The van der Waals surface area contributed by atoms with Gasteiger partial charge in [0.1, 0.15) is 0 Å². The molecule has 0 aromatic carbocycles. The number of sulfonamides is 1. The zero-order valence-electron chi connectivity index (χ0n) is 9.83. The maximum absolute atomic E-state index is 12.3. The number of anilines is 1. The van der Waals surface area contributed by atoms with E-state index in [1.165, 1.54) is 10.5 Å². The van der Waals surface area contributed by atoms with Gasteiger partial charge in [-0.2, -0.15) is 4.31 Å². The Morgan fingerprint density at radius 3 is 2.94 bits per heavy atom. The molecule has 0 spiro atoms. The Hall–Kier alpha value is -1.14. The molecule has 1 fully saturated rings. The predicted molar refractivity (Wildman–Crippen MR) is 65.8 cm³/mol. The lowest BCUT2D eigenvalue weighted by Gasteiger charge is -2.29. The number of nitrogens with zero attached hydrogens (tertiary/aromatic N) is 2. The van der Waals surface area contributed by atoms with Gasteiger partial charge in [-0.1, -0.05) is 6.92 Å². The van der Waals surface area contributed by atoms with Crippen LogP contribution < -0.4 is 5.73 Å². The number of pyridine rings is 1.